The van der Waals surface area contributed by atoms with Crippen LogP contribution in [0.3, 0.4) is 0 Å². The third-order valence-corrected chi connectivity index (χ3v) is 5.17. The summed E-state index contributed by atoms with van der Waals surface area (Å²) in [5.41, 5.74) is 0.524. The minimum absolute atomic E-state index is 0.0400. The third-order valence-electron chi connectivity index (χ3n) is 4.43. The van der Waals surface area contributed by atoms with Gasteiger partial charge in [-0.15, -0.1) is 0 Å². The molecule has 3 rings (SSSR count). The number of nitrogens with one attached hydrogen (secondary N) is 1. The number of benzene rings is 1. The molecule has 2 N–H and O–H groups in total. The summed E-state index contributed by atoms with van der Waals surface area (Å²) >= 11 is 5.78. The van der Waals surface area contributed by atoms with E-state index in [9.17, 15) is 18.6 Å². The molecule has 1 heterocycles. The van der Waals surface area contributed by atoms with Crippen LogP contribution in [-0.2, 0) is 11.1 Å². The number of hydrogen-bond acceptors (Lipinski definition) is 4. The van der Waals surface area contributed by atoms with Gasteiger partial charge in [-0.05, 0) is 24.8 Å². The Balaban J connectivity index is 1.78. The largest absolute Gasteiger partial charge is 0.425 e. The Labute approximate surface area is 161 Å². The average molecular weight is 416 g/mol. The lowest BCUT2D eigenvalue weighted by molar-refractivity contribution is 0.0671. The van der Waals surface area contributed by atoms with Crippen LogP contribution in [0.1, 0.15) is 35.3 Å². The minimum atomic E-state index is -3.77. The lowest BCUT2D eigenvalue weighted by Gasteiger charge is -2.32. The highest BCUT2D eigenvalue weighted by Gasteiger charge is 2.26. The van der Waals surface area contributed by atoms with Crippen LogP contribution in [0.5, 0.6) is 5.75 Å². The Kier molecular flexibility index (Phi) is 5.89. The fraction of sp³-hybridized carbons (Fsp3) is 0.412. The second-order valence-electron chi connectivity index (χ2n) is 6.73. The number of H-pyrrole nitrogens is 1. The van der Waals surface area contributed by atoms with Crippen LogP contribution in [-0.4, -0.2) is 39.1 Å². The summed E-state index contributed by atoms with van der Waals surface area (Å²) in [6, 6.07) is 5.33. The Bertz CT molecular complexity index is 881. The van der Waals surface area contributed by atoms with E-state index in [-0.39, 0.29) is 34.6 Å². The molecule has 2 aromatic rings. The maximum Gasteiger partial charge on any atom is 0.373 e. The molecule has 0 saturated heterocycles. The monoisotopic (exact) mass is 415 g/mol. The smallest absolute Gasteiger partial charge is 0.373 e. The van der Waals surface area contributed by atoms with E-state index in [1.54, 1.807) is 4.90 Å². The molecule has 1 atom stereocenters. The Morgan fingerprint density at radius 1 is 1.48 bits per heavy atom. The summed E-state index contributed by atoms with van der Waals surface area (Å²) in [7, 11) is -3.77. The summed E-state index contributed by atoms with van der Waals surface area (Å²) in [6.45, 7) is 1.59. The van der Waals surface area contributed by atoms with Gasteiger partial charge in [-0.25, -0.2) is 8.96 Å². The highest BCUT2D eigenvalue weighted by atomic mass is 35.5. The molecular formula is C17H20ClFN3O4P. The van der Waals surface area contributed by atoms with Gasteiger partial charge in [0.2, 0.25) is 0 Å². The number of carbonyl (C=O) groups excluding carboxylic acids is 1. The van der Waals surface area contributed by atoms with E-state index in [2.05, 4.69) is 10.2 Å². The highest BCUT2D eigenvalue weighted by molar-refractivity contribution is 7.52. The fourth-order valence-electron chi connectivity index (χ4n) is 2.90. The van der Waals surface area contributed by atoms with E-state index in [1.165, 1.54) is 18.2 Å². The first kappa shape index (κ1) is 19.9. The Morgan fingerprint density at radius 3 is 2.74 bits per heavy atom. The van der Waals surface area contributed by atoms with Gasteiger partial charge in [0, 0.05) is 37.5 Å². The zero-order valence-corrected chi connectivity index (χ0v) is 16.3. The Morgan fingerprint density at radius 2 is 2.22 bits per heavy atom. The van der Waals surface area contributed by atoms with Crippen LogP contribution in [0.15, 0.2) is 24.3 Å². The van der Waals surface area contributed by atoms with Crippen molar-refractivity contribution in [3.63, 3.8) is 0 Å². The molecule has 1 aromatic heterocycles. The first-order chi connectivity index (χ1) is 12.7. The molecule has 0 radical (unpaired) electrons. The predicted octanol–water partition coefficient (Wildman–Crippen LogP) is 3.84. The van der Waals surface area contributed by atoms with Gasteiger partial charge >= 0.3 is 7.60 Å². The van der Waals surface area contributed by atoms with Crippen molar-refractivity contribution >= 4 is 25.1 Å². The maximum atomic E-state index is 14.5. The highest BCUT2D eigenvalue weighted by Crippen LogP contribution is 2.38. The van der Waals surface area contributed by atoms with Crippen LogP contribution in [0.2, 0.25) is 5.15 Å². The van der Waals surface area contributed by atoms with Crippen molar-refractivity contribution < 1.29 is 23.2 Å². The molecule has 1 aromatic carbocycles. The van der Waals surface area contributed by atoms with Gasteiger partial charge in [0.05, 0.1) is 0 Å². The number of carbonyl (C=O) groups is 1. The molecule has 7 nitrogen and oxygen atoms in total. The van der Waals surface area contributed by atoms with E-state index < -0.39 is 13.4 Å². The molecule has 0 spiro atoms. The number of aromatic nitrogens is 2. The molecule has 10 heteroatoms. The first-order valence-electron chi connectivity index (χ1n) is 8.50. The van der Waals surface area contributed by atoms with Crippen LogP contribution < -0.4 is 4.52 Å². The van der Waals surface area contributed by atoms with E-state index in [0.717, 1.165) is 32.0 Å². The number of rotatable bonds is 7. The number of amides is 1. The molecule has 0 aliphatic heterocycles. The predicted molar refractivity (Wildman–Crippen MR) is 98.5 cm³/mol. The normalized spacial score (nSPS) is 16.4. The van der Waals surface area contributed by atoms with Crippen molar-refractivity contribution in [2.45, 2.75) is 25.8 Å². The molecule has 1 aliphatic carbocycles. The van der Waals surface area contributed by atoms with E-state index in [0.29, 0.717) is 12.5 Å². The van der Waals surface area contributed by atoms with Gasteiger partial charge in [0.25, 0.3) is 5.91 Å². The topological polar surface area (TPSA) is 95.5 Å². The Hall–Kier alpha value is -1.89. The number of nitrogens with zero attached hydrogens (tertiary/aromatic N) is 2. The van der Waals surface area contributed by atoms with Crippen molar-refractivity contribution in [2.24, 2.45) is 5.92 Å². The van der Waals surface area contributed by atoms with E-state index in [4.69, 9.17) is 16.1 Å². The van der Waals surface area contributed by atoms with Gasteiger partial charge in [-0.2, -0.15) is 5.10 Å². The molecule has 146 valence electrons. The summed E-state index contributed by atoms with van der Waals surface area (Å²) in [6.07, 6.45) is 3.19. The summed E-state index contributed by atoms with van der Waals surface area (Å²) in [5.74, 6) is -0.579. The van der Waals surface area contributed by atoms with Crippen molar-refractivity contribution in [2.75, 3.05) is 13.2 Å². The van der Waals surface area contributed by atoms with Crippen LogP contribution in [0.4, 0.5) is 4.39 Å². The van der Waals surface area contributed by atoms with Crippen molar-refractivity contribution in [1.82, 2.24) is 15.1 Å². The van der Waals surface area contributed by atoms with Crippen LogP contribution in [0, 0.1) is 11.7 Å². The lowest BCUT2D eigenvalue weighted by atomic mass is 9.85. The second kappa shape index (κ2) is 8.00. The van der Waals surface area contributed by atoms with Gasteiger partial charge < -0.3 is 14.3 Å². The van der Waals surface area contributed by atoms with E-state index in [1.807, 2.05) is 0 Å². The third kappa shape index (κ3) is 5.31. The van der Waals surface area contributed by atoms with Crippen LogP contribution >= 0.6 is 19.2 Å². The van der Waals surface area contributed by atoms with Gasteiger partial charge in [0.15, 0.2) is 5.15 Å². The molecule has 27 heavy (non-hydrogen) atoms. The molecular weight excluding hydrogens is 396 g/mol. The number of halogens is 2. The quantitative estimate of drug-likeness (QED) is 0.670. The van der Waals surface area contributed by atoms with Gasteiger partial charge in [-0.3, -0.25) is 9.89 Å². The zero-order valence-electron chi connectivity index (χ0n) is 14.7. The summed E-state index contributed by atoms with van der Waals surface area (Å²) in [5, 5.41) is 6.52. The van der Waals surface area contributed by atoms with Gasteiger partial charge in [0.1, 0.15) is 17.3 Å². The van der Waals surface area contributed by atoms with Crippen LogP contribution in [0.25, 0.3) is 0 Å². The first-order valence-corrected chi connectivity index (χ1v) is 10.9. The maximum absolute atomic E-state index is 14.5. The molecule has 1 saturated carbocycles. The summed E-state index contributed by atoms with van der Waals surface area (Å²) < 4.78 is 30.6. The van der Waals surface area contributed by atoms with Crippen molar-refractivity contribution in [1.29, 1.82) is 0 Å². The number of aromatic amines is 1. The molecule has 1 amide bonds. The van der Waals surface area contributed by atoms with Crippen molar-refractivity contribution in [3.8, 4) is 5.75 Å². The van der Waals surface area contributed by atoms with E-state index >= 15 is 0 Å². The SMILES string of the molecule is CP(=O)(O)Oc1ccc(CN(CC2CCC2)C(=O)c2cc(Cl)n[nH]2)c(F)c1. The minimum Gasteiger partial charge on any atom is -0.425 e. The standard InChI is InChI=1S/C17H20ClFN3O4P/c1-27(24,25)26-13-6-5-12(14(19)7-13)10-22(9-11-3-2-4-11)17(23)15-8-16(18)21-20-15/h5-8,11H,2-4,9-10H2,1H3,(H,20,21)(H,24,25). The zero-order chi connectivity index (χ0) is 19.6. The summed E-state index contributed by atoms with van der Waals surface area (Å²) in [4.78, 5) is 23.6. The molecule has 1 fully saturated rings. The van der Waals surface area contributed by atoms with Crippen molar-refractivity contribution in [3.05, 3.63) is 46.5 Å². The van der Waals surface area contributed by atoms with Gasteiger partial charge in [-0.1, -0.05) is 24.1 Å². The number of hydrogen-bond donors (Lipinski definition) is 2. The molecule has 1 unspecified atom stereocenters. The second-order valence-corrected chi connectivity index (χ2v) is 8.91. The fourth-order valence-corrected chi connectivity index (χ4v) is 3.55. The lowest BCUT2D eigenvalue weighted by Crippen LogP contribution is -2.37. The average Bonchev–Trinajstić information content (AvgIpc) is 2.96. The molecule has 1 aliphatic rings. The molecule has 0 bridgehead atoms.